The Hall–Kier alpha value is -2.12. The second kappa shape index (κ2) is 6.55. The fourth-order valence-electron chi connectivity index (χ4n) is 5.02. The summed E-state index contributed by atoms with van der Waals surface area (Å²) >= 11 is 0. The van der Waals surface area contributed by atoms with E-state index in [1.807, 2.05) is 0 Å². The Balaban J connectivity index is 1.50. The molecule has 3 aromatic rings. The first-order chi connectivity index (χ1) is 12.8. The van der Waals surface area contributed by atoms with E-state index < -0.39 is 0 Å². The molecular formula is C25H27N. The molecule has 1 heteroatoms. The Morgan fingerprint density at radius 2 is 1.65 bits per heavy atom. The Labute approximate surface area is 156 Å². The summed E-state index contributed by atoms with van der Waals surface area (Å²) in [5, 5.41) is 2.75. The Morgan fingerprint density at radius 1 is 0.846 bits per heavy atom. The van der Waals surface area contributed by atoms with Crippen molar-refractivity contribution in [1.82, 2.24) is 4.90 Å². The van der Waals surface area contributed by atoms with Crippen molar-refractivity contribution in [3.8, 4) is 11.1 Å². The van der Waals surface area contributed by atoms with E-state index in [2.05, 4.69) is 66.4 Å². The SMILES string of the molecule is Cc1ccc(-c2ccc3c(c2)CCC(N2CCCC2)C3)c2ccccc12. The van der Waals surface area contributed by atoms with Crippen LogP contribution in [0.3, 0.4) is 0 Å². The highest BCUT2D eigenvalue weighted by Gasteiger charge is 2.26. The summed E-state index contributed by atoms with van der Waals surface area (Å²) in [7, 11) is 0. The van der Waals surface area contributed by atoms with Crippen LogP contribution in [0.1, 0.15) is 36.0 Å². The molecule has 5 rings (SSSR count). The van der Waals surface area contributed by atoms with Crippen LogP contribution in [0.2, 0.25) is 0 Å². The molecule has 1 aliphatic heterocycles. The average Bonchev–Trinajstić information content (AvgIpc) is 3.23. The Bertz CT molecular complexity index is 950. The maximum atomic E-state index is 2.73. The predicted molar refractivity (Wildman–Crippen MR) is 111 cm³/mol. The number of nitrogens with zero attached hydrogens (tertiary/aromatic N) is 1. The van der Waals surface area contributed by atoms with E-state index in [0.29, 0.717) is 0 Å². The molecule has 1 nitrogen and oxygen atoms in total. The van der Waals surface area contributed by atoms with Crippen molar-refractivity contribution in [3.63, 3.8) is 0 Å². The van der Waals surface area contributed by atoms with E-state index in [4.69, 9.17) is 0 Å². The third-order valence-electron chi connectivity index (χ3n) is 6.52. The number of aryl methyl sites for hydroxylation is 2. The van der Waals surface area contributed by atoms with Crippen LogP contribution in [0.4, 0.5) is 0 Å². The summed E-state index contributed by atoms with van der Waals surface area (Å²) in [5.41, 5.74) is 7.25. The van der Waals surface area contributed by atoms with Crippen molar-refractivity contribution in [2.45, 2.75) is 45.1 Å². The van der Waals surface area contributed by atoms with Crippen molar-refractivity contribution < 1.29 is 0 Å². The molecule has 1 heterocycles. The molecule has 0 aromatic heterocycles. The minimum Gasteiger partial charge on any atom is -0.300 e. The van der Waals surface area contributed by atoms with Crippen molar-refractivity contribution >= 4 is 10.8 Å². The van der Waals surface area contributed by atoms with Crippen LogP contribution in [0.25, 0.3) is 21.9 Å². The van der Waals surface area contributed by atoms with Crippen molar-refractivity contribution in [2.24, 2.45) is 0 Å². The van der Waals surface area contributed by atoms with Crippen LogP contribution in [0, 0.1) is 6.92 Å². The first kappa shape index (κ1) is 16.1. The van der Waals surface area contributed by atoms with Gasteiger partial charge < -0.3 is 4.90 Å². The summed E-state index contributed by atoms with van der Waals surface area (Å²) in [6.45, 7) is 4.83. The fourth-order valence-corrected chi connectivity index (χ4v) is 5.02. The zero-order valence-electron chi connectivity index (χ0n) is 15.7. The molecule has 3 aromatic carbocycles. The van der Waals surface area contributed by atoms with Gasteiger partial charge in [-0.3, -0.25) is 0 Å². The average molecular weight is 341 g/mol. The van der Waals surface area contributed by atoms with Crippen LogP contribution >= 0.6 is 0 Å². The quantitative estimate of drug-likeness (QED) is 0.572. The van der Waals surface area contributed by atoms with Gasteiger partial charge >= 0.3 is 0 Å². The standard InChI is InChI=1S/C25H27N/c1-18-8-13-24(25-7-3-2-6-23(18)25)21-10-9-20-17-22(12-11-19(20)16-21)26-14-4-5-15-26/h2-3,6-10,13,16,22H,4-5,11-12,14-15,17H2,1H3. The lowest BCUT2D eigenvalue weighted by molar-refractivity contribution is 0.222. The van der Waals surface area contributed by atoms with E-state index >= 15 is 0 Å². The smallest absolute Gasteiger partial charge is 0.0139 e. The highest BCUT2D eigenvalue weighted by Crippen LogP contribution is 2.34. The van der Waals surface area contributed by atoms with Gasteiger partial charge in [0.2, 0.25) is 0 Å². The molecule has 26 heavy (non-hydrogen) atoms. The van der Waals surface area contributed by atoms with E-state index in [1.54, 1.807) is 11.1 Å². The highest BCUT2D eigenvalue weighted by atomic mass is 15.2. The maximum absolute atomic E-state index is 2.73. The van der Waals surface area contributed by atoms with Gasteiger partial charge in [0.1, 0.15) is 0 Å². The van der Waals surface area contributed by atoms with Gasteiger partial charge in [0.25, 0.3) is 0 Å². The minimum absolute atomic E-state index is 0.774. The topological polar surface area (TPSA) is 3.24 Å². The van der Waals surface area contributed by atoms with Gasteiger partial charge in [-0.05, 0) is 90.7 Å². The van der Waals surface area contributed by atoms with Crippen LogP contribution in [0.15, 0.2) is 54.6 Å². The summed E-state index contributed by atoms with van der Waals surface area (Å²) < 4.78 is 0. The van der Waals surface area contributed by atoms with Gasteiger partial charge in [-0.25, -0.2) is 0 Å². The zero-order chi connectivity index (χ0) is 17.5. The second-order valence-electron chi connectivity index (χ2n) is 8.10. The molecule has 1 saturated heterocycles. The molecule has 1 aliphatic carbocycles. The molecule has 0 saturated carbocycles. The fraction of sp³-hybridized carbons (Fsp3) is 0.360. The monoisotopic (exact) mass is 341 g/mol. The lowest BCUT2D eigenvalue weighted by atomic mass is 9.85. The molecule has 1 fully saturated rings. The van der Waals surface area contributed by atoms with E-state index in [9.17, 15) is 0 Å². The molecule has 1 atom stereocenters. The summed E-state index contributed by atoms with van der Waals surface area (Å²) in [6, 6.07) is 21.4. The summed E-state index contributed by atoms with van der Waals surface area (Å²) in [4.78, 5) is 2.73. The number of hydrogen-bond donors (Lipinski definition) is 0. The molecule has 0 spiro atoms. The predicted octanol–water partition coefficient (Wildman–Crippen LogP) is 5.77. The summed E-state index contributed by atoms with van der Waals surface area (Å²) in [5.74, 6) is 0. The molecule has 0 radical (unpaired) electrons. The van der Waals surface area contributed by atoms with E-state index in [0.717, 1.165) is 6.04 Å². The number of fused-ring (bicyclic) bond motifs is 2. The van der Waals surface area contributed by atoms with Gasteiger partial charge in [-0.1, -0.05) is 54.6 Å². The van der Waals surface area contributed by atoms with Crippen LogP contribution in [-0.4, -0.2) is 24.0 Å². The van der Waals surface area contributed by atoms with Crippen LogP contribution in [-0.2, 0) is 12.8 Å². The third kappa shape index (κ3) is 2.75. The number of rotatable bonds is 2. The molecule has 1 unspecified atom stereocenters. The third-order valence-corrected chi connectivity index (χ3v) is 6.52. The number of likely N-dealkylation sites (tertiary alicyclic amines) is 1. The lowest BCUT2D eigenvalue weighted by Crippen LogP contribution is -2.37. The first-order valence-electron chi connectivity index (χ1n) is 10.1. The van der Waals surface area contributed by atoms with E-state index in [1.165, 1.54) is 72.7 Å². The van der Waals surface area contributed by atoms with Crippen molar-refractivity contribution in [2.75, 3.05) is 13.1 Å². The molecule has 0 amide bonds. The Kier molecular flexibility index (Phi) is 4.05. The van der Waals surface area contributed by atoms with Gasteiger partial charge in [0.15, 0.2) is 0 Å². The number of hydrogen-bond acceptors (Lipinski definition) is 1. The molecule has 132 valence electrons. The minimum atomic E-state index is 0.774. The Morgan fingerprint density at radius 3 is 2.50 bits per heavy atom. The normalized spacial score (nSPS) is 20.4. The van der Waals surface area contributed by atoms with Crippen LogP contribution in [0.5, 0.6) is 0 Å². The zero-order valence-corrected chi connectivity index (χ0v) is 15.7. The molecule has 0 bridgehead atoms. The molecular weight excluding hydrogens is 314 g/mol. The second-order valence-corrected chi connectivity index (χ2v) is 8.10. The number of benzene rings is 3. The first-order valence-corrected chi connectivity index (χ1v) is 10.1. The molecule has 0 N–H and O–H groups in total. The van der Waals surface area contributed by atoms with Crippen LogP contribution < -0.4 is 0 Å². The lowest BCUT2D eigenvalue weighted by Gasteiger charge is -2.32. The van der Waals surface area contributed by atoms with Crippen molar-refractivity contribution in [1.29, 1.82) is 0 Å². The van der Waals surface area contributed by atoms with Gasteiger partial charge in [-0.15, -0.1) is 0 Å². The largest absolute Gasteiger partial charge is 0.300 e. The molecule has 2 aliphatic rings. The van der Waals surface area contributed by atoms with Gasteiger partial charge in [0, 0.05) is 6.04 Å². The van der Waals surface area contributed by atoms with Gasteiger partial charge in [0.05, 0.1) is 0 Å². The maximum Gasteiger partial charge on any atom is 0.0139 e. The van der Waals surface area contributed by atoms with Crippen molar-refractivity contribution in [3.05, 3.63) is 71.3 Å². The van der Waals surface area contributed by atoms with E-state index in [-0.39, 0.29) is 0 Å². The highest BCUT2D eigenvalue weighted by molar-refractivity contribution is 5.98. The summed E-state index contributed by atoms with van der Waals surface area (Å²) in [6.07, 6.45) is 6.58. The van der Waals surface area contributed by atoms with Gasteiger partial charge in [-0.2, -0.15) is 0 Å².